The fourth-order valence-corrected chi connectivity index (χ4v) is 5.56. The van der Waals surface area contributed by atoms with Crippen LogP contribution in [0.2, 0.25) is 0 Å². The number of amides is 3. The average Bonchev–Trinajstić information content (AvgIpc) is 3.21. The number of hydrogen-bond donors (Lipinski definition) is 2. The highest BCUT2D eigenvalue weighted by Crippen LogP contribution is 2.29. The summed E-state index contributed by atoms with van der Waals surface area (Å²) in [7, 11) is 3.39. The lowest BCUT2D eigenvalue weighted by Crippen LogP contribution is -2.59. The van der Waals surface area contributed by atoms with Gasteiger partial charge < -0.3 is 25.0 Å². The van der Waals surface area contributed by atoms with Gasteiger partial charge in [0.05, 0.1) is 11.6 Å². The number of nitrogens with zero attached hydrogens (tertiary/aromatic N) is 3. The van der Waals surface area contributed by atoms with E-state index in [9.17, 15) is 23.6 Å². The van der Waals surface area contributed by atoms with Crippen molar-refractivity contribution in [2.24, 2.45) is 13.0 Å². The van der Waals surface area contributed by atoms with Crippen molar-refractivity contribution in [1.82, 2.24) is 25.0 Å². The van der Waals surface area contributed by atoms with Crippen LogP contribution in [0.1, 0.15) is 59.9 Å². The number of aryl methyl sites for hydroxylation is 1. The largest absolute Gasteiger partial charge is 0.343 e. The van der Waals surface area contributed by atoms with Gasteiger partial charge in [-0.2, -0.15) is 0 Å². The number of halogens is 2. The van der Waals surface area contributed by atoms with Crippen molar-refractivity contribution in [2.75, 3.05) is 33.2 Å². The van der Waals surface area contributed by atoms with Gasteiger partial charge in [-0.3, -0.25) is 19.2 Å². The van der Waals surface area contributed by atoms with E-state index in [0.29, 0.717) is 43.4 Å². The predicted molar refractivity (Wildman–Crippen MR) is 145 cm³/mol. The molecule has 2 atom stereocenters. The molecule has 4 rings (SSSR count). The normalized spacial score (nSPS) is 18.0. The molecule has 1 saturated heterocycles. The molecule has 2 aromatic rings. The summed E-state index contributed by atoms with van der Waals surface area (Å²) in [6.07, 6.45) is 5.63. The van der Waals surface area contributed by atoms with Crippen LogP contribution in [0.5, 0.6) is 0 Å². The van der Waals surface area contributed by atoms with Gasteiger partial charge in [-0.05, 0) is 50.9 Å². The summed E-state index contributed by atoms with van der Waals surface area (Å²) in [4.78, 5) is 54.9. The lowest BCUT2D eigenvalue weighted by Gasteiger charge is -2.39. The lowest BCUT2D eigenvalue weighted by molar-refractivity contribution is -0.140. The van der Waals surface area contributed by atoms with Gasteiger partial charge in [-0.15, -0.1) is 12.4 Å². The zero-order chi connectivity index (χ0) is 26.7. The highest BCUT2D eigenvalue weighted by Gasteiger charge is 2.36. The number of benzene rings is 1. The summed E-state index contributed by atoms with van der Waals surface area (Å²) < 4.78 is 15.4. The molecule has 0 spiro atoms. The van der Waals surface area contributed by atoms with Crippen LogP contribution in [-0.4, -0.2) is 83.7 Å². The van der Waals surface area contributed by atoms with E-state index in [1.165, 1.54) is 12.1 Å². The smallest absolute Gasteiger partial charge is 0.271 e. The summed E-state index contributed by atoms with van der Waals surface area (Å²) >= 11 is 0. The number of aromatic nitrogens is 1. The van der Waals surface area contributed by atoms with Gasteiger partial charge in [0.1, 0.15) is 17.6 Å². The summed E-state index contributed by atoms with van der Waals surface area (Å²) in [5, 5.41) is 6.31. The Morgan fingerprint density at radius 1 is 1.05 bits per heavy atom. The Hall–Kier alpha value is -2.98. The zero-order valence-corrected chi connectivity index (χ0v) is 23.0. The number of nitrogens with one attached hydrogen (secondary N) is 2. The minimum absolute atomic E-state index is 0. The molecule has 0 bridgehead atoms. The van der Waals surface area contributed by atoms with E-state index in [2.05, 4.69) is 10.6 Å². The van der Waals surface area contributed by atoms with Gasteiger partial charge >= 0.3 is 0 Å². The molecule has 2 fully saturated rings. The molecule has 2 heterocycles. The third-order valence-electron chi connectivity index (χ3n) is 7.91. The molecule has 11 heteroatoms. The highest BCUT2D eigenvalue weighted by atomic mass is 35.5. The van der Waals surface area contributed by atoms with Gasteiger partial charge in [0, 0.05) is 44.1 Å². The maximum atomic E-state index is 13.8. The molecular formula is C27H37ClFN5O4. The van der Waals surface area contributed by atoms with E-state index < -0.39 is 17.9 Å². The summed E-state index contributed by atoms with van der Waals surface area (Å²) in [5.41, 5.74) is 0.977. The van der Waals surface area contributed by atoms with Crippen LogP contribution >= 0.6 is 12.4 Å². The highest BCUT2D eigenvalue weighted by molar-refractivity contribution is 6.10. The van der Waals surface area contributed by atoms with Crippen molar-refractivity contribution in [3.05, 3.63) is 35.3 Å². The first-order chi connectivity index (χ1) is 17.8. The third-order valence-corrected chi connectivity index (χ3v) is 7.91. The number of fused-ring (bicyclic) bond motifs is 1. The topological polar surface area (TPSA) is 104 Å². The van der Waals surface area contributed by atoms with Gasteiger partial charge in [-0.1, -0.05) is 19.3 Å². The molecule has 1 aliphatic heterocycles. The second kappa shape index (κ2) is 12.7. The van der Waals surface area contributed by atoms with E-state index in [-0.39, 0.29) is 47.3 Å². The second-order valence-electron chi connectivity index (χ2n) is 10.1. The Kier molecular flexibility index (Phi) is 9.89. The van der Waals surface area contributed by atoms with Gasteiger partial charge in [0.2, 0.25) is 11.8 Å². The Morgan fingerprint density at radius 3 is 2.29 bits per heavy atom. The van der Waals surface area contributed by atoms with Crippen LogP contribution in [0.4, 0.5) is 4.39 Å². The fourth-order valence-electron chi connectivity index (χ4n) is 5.56. The summed E-state index contributed by atoms with van der Waals surface area (Å²) in [6, 6.07) is 3.13. The maximum Gasteiger partial charge on any atom is 0.271 e. The molecule has 2 N–H and O–H groups in total. The molecule has 1 saturated carbocycles. The molecule has 1 aromatic heterocycles. The van der Waals surface area contributed by atoms with Crippen molar-refractivity contribution in [3.8, 4) is 0 Å². The van der Waals surface area contributed by atoms with Crippen molar-refractivity contribution in [1.29, 1.82) is 0 Å². The van der Waals surface area contributed by atoms with E-state index in [0.717, 1.165) is 32.1 Å². The number of carbonyl (C=O) groups excluding carboxylic acids is 4. The van der Waals surface area contributed by atoms with Crippen LogP contribution < -0.4 is 10.6 Å². The molecule has 1 aliphatic carbocycles. The zero-order valence-electron chi connectivity index (χ0n) is 22.2. The van der Waals surface area contributed by atoms with Crippen LogP contribution in [0.3, 0.4) is 0 Å². The minimum atomic E-state index is -0.583. The van der Waals surface area contributed by atoms with Crippen molar-refractivity contribution in [3.63, 3.8) is 0 Å². The van der Waals surface area contributed by atoms with Gasteiger partial charge in [0.15, 0.2) is 6.29 Å². The van der Waals surface area contributed by atoms with E-state index in [4.69, 9.17) is 0 Å². The average molecular weight is 550 g/mol. The number of rotatable bonds is 7. The minimum Gasteiger partial charge on any atom is -0.343 e. The molecule has 208 valence electrons. The number of likely N-dealkylation sites (N-methyl/N-ethyl adjacent to an activating group) is 1. The second-order valence-corrected chi connectivity index (χ2v) is 10.1. The number of aldehydes is 1. The van der Waals surface area contributed by atoms with Gasteiger partial charge in [-0.25, -0.2) is 4.39 Å². The Bertz CT molecular complexity index is 1190. The molecular weight excluding hydrogens is 513 g/mol. The third kappa shape index (κ3) is 5.86. The standard InChI is InChI=1S/C27H36FN5O4.ClH/c1-17(29-2)25(35)30-23(18-7-5-4-6-8-18)26(36)32-11-13-33(14-12-32)27(37)24-21(16-34)20-15-19(28)9-10-22(20)31(24)3;/h9-10,15-18,23,29H,4-8,11-14H2,1-3H3,(H,30,35);1H/t17?,23-;/m0./s1. The summed E-state index contributed by atoms with van der Waals surface area (Å²) in [5.74, 6) is -1.01. The Labute approximate surface area is 228 Å². The first-order valence-electron chi connectivity index (χ1n) is 13.1. The van der Waals surface area contributed by atoms with Crippen LogP contribution in [0.25, 0.3) is 10.9 Å². The molecule has 9 nitrogen and oxygen atoms in total. The SMILES string of the molecule is CNC(C)C(=O)N[C@H](C(=O)N1CCN(C(=O)c2c(C=O)c3cc(F)ccc3n2C)CC1)C1CCCCC1.Cl. The lowest BCUT2D eigenvalue weighted by atomic mass is 9.83. The first kappa shape index (κ1) is 29.6. The predicted octanol–water partition coefficient (Wildman–Crippen LogP) is 2.51. The van der Waals surface area contributed by atoms with Crippen molar-refractivity contribution in [2.45, 2.75) is 51.1 Å². The number of hydrogen-bond acceptors (Lipinski definition) is 5. The molecule has 38 heavy (non-hydrogen) atoms. The number of piperazine rings is 1. The number of carbonyl (C=O) groups is 4. The van der Waals surface area contributed by atoms with Crippen LogP contribution in [0, 0.1) is 11.7 Å². The van der Waals surface area contributed by atoms with E-state index in [1.54, 1.807) is 41.5 Å². The fraction of sp³-hybridized carbons (Fsp3) is 0.556. The van der Waals surface area contributed by atoms with Crippen LogP contribution in [-0.2, 0) is 16.6 Å². The van der Waals surface area contributed by atoms with Crippen molar-refractivity contribution >= 4 is 47.3 Å². The van der Waals surface area contributed by atoms with Crippen LogP contribution in [0.15, 0.2) is 18.2 Å². The van der Waals surface area contributed by atoms with Crippen molar-refractivity contribution < 1.29 is 23.6 Å². The Morgan fingerprint density at radius 2 is 1.68 bits per heavy atom. The molecule has 3 amide bonds. The summed E-state index contributed by atoms with van der Waals surface area (Å²) in [6.45, 7) is 3.03. The quantitative estimate of drug-likeness (QED) is 0.517. The molecule has 2 aliphatic rings. The van der Waals surface area contributed by atoms with E-state index >= 15 is 0 Å². The molecule has 1 unspecified atom stereocenters. The maximum absolute atomic E-state index is 13.8. The first-order valence-corrected chi connectivity index (χ1v) is 13.1. The molecule has 0 radical (unpaired) electrons. The molecule has 1 aromatic carbocycles. The van der Waals surface area contributed by atoms with Gasteiger partial charge in [0.25, 0.3) is 5.91 Å². The van der Waals surface area contributed by atoms with E-state index in [1.807, 2.05) is 0 Å². The Balaban J connectivity index is 0.00000400. The monoisotopic (exact) mass is 549 g/mol.